The molecule has 0 aliphatic rings. The molecule has 2 atom stereocenters. The molecule has 100 valence electrons. The molecule has 0 bridgehead atoms. The maximum atomic E-state index is 10.5. The zero-order chi connectivity index (χ0) is 13.3. The fourth-order valence-electron chi connectivity index (χ4n) is 1.78. The van der Waals surface area contributed by atoms with E-state index in [0.717, 1.165) is 6.42 Å². The largest absolute Gasteiger partial charge is 0.481 e. The van der Waals surface area contributed by atoms with E-state index >= 15 is 0 Å². The number of hydrogen-bond acceptors (Lipinski definition) is 2. The van der Waals surface area contributed by atoms with Crippen LogP contribution < -0.4 is 0 Å². The lowest BCUT2D eigenvalue weighted by atomic mass is 9.97. The highest BCUT2D eigenvalue weighted by Crippen LogP contribution is 2.16. The molecule has 2 unspecified atom stereocenters. The van der Waals surface area contributed by atoms with Gasteiger partial charge in [-0.25, -0.2) is 0 Å². The average Bonchev–Trinajstić information content (AvgIpc) is 2.15. The smallest absolute Gasteiger partial charge is 0.306 e. The molecule has 0 rings (SSSR count). The van der Waals surface area contributed by atoms with Crippen molar-refractivity contribution < 1.29 is 15.0 Å². The number of allylic oxidation sites excluding steroid dienone is 1. The van der Waals surface area contributed by atoms with E-state index in [4.69, 9.17) is 5.11 Å². The summed E-state index contributed by atoms with van der Waals surface area (Å²) in [6.45, 7) is 5.90. The third kappa shape index (κ3) is 10.1. The van der Waals surface area contributed by atoms with Gasteiger partial charge in [0.1, 0.15) is 0 Å². The van der Waals surface area contributed by atoms with E-state index in [1.165, 1.54) is 32.6 Å². The molecule has 0 saturated carbocycles. The van der Waals surface area contributed by atoms with E-state index in [-0.39, 0.29) is 6.42 Å². The molecule has 0 aromatic heterocycles. The van der Waals surface area contributed by atoms with Crippen LogP contribution in [0.3, 0.4) is 0 Å². The molecule has 0 aliphatic heterocycles. The molecule has 0 fully saturated rings. The van der Waals surface area contributed by atoms with Crippen LogP contribution in [-0.2, 0) is 4.79 Å². The zero-order valence-corrected chi connectivity index (χ0v) is 11.3. The summed E-state index contributed by atoms with van der Waals surface area (Å²) >= 11 is 0. The Kier molecular flexibility index (Phi) is 7.88. The van der Waals surface area contributed by atoms with Crippen molar-refractivity contribution in [3.63, 3.8) is 0 Å². The lowest BCUT2D eigenvalue weighted by molar-refractivity contribution is -0.140. The maximum Gasteiger partial charge on any atom is 0.306 e. The molecule has 0 saturated heterocycles. The predicted molar refractivity (Wildman–Crippen MR) is 69.9 cm³/mol. The van der Waals surface area contributed by atoms with Crippen molar-refractivity contribution in [1.82, 2.24) is 0 Å². The predicted octanol–water partition coefficient (Wildman–Crippen LogP) is 3.37. The highest BCUT2D eigenvalue weighted by Gasteiger charge is 2.20. The van der Waals surface area contributed by atoms with Crippen LogP contribution in [0.25, 0.3) is 0 Å². The first-order valence-corrected chi connectivity index (χ1v) is 6.49. The minimum atomic E-state index is -1.23. The average molecular weight is 242 g/mol. The Balaban J connectivity index is 3.88. The summed E-state index contributed by atoms with van der Waals surface area (Å²) in [5.74, 6) is -0.380. The van der Waals surface area contributed by atoms with Gasteiger partial charge in [0.15, 0.2) is 0 Å². The van der Waals surface area contributed by atoms with Crippen molar-refractivity contribution in [2.75, 3.05) is 0 Å². The van der Waals surface area contributed by atoms with Gasteiger partial charge in [0.25, 0.3) is 0 Å². The second kappa shape index (κ2) is 8.29. The molecule has 0 aromatic rings. The van der Waals surface area contributed by atoms with Crippen molar-refractivity contribution >= 4 is 5.97 Å². The number of carboxylic acid groups (broad SMARTS) is 1. The van der Waals surface area contributed by atoms with Gasteiger partial charge in [-0.15, -0.1) is 0 Å². The number of rotatable bonds is 9. The van der Waals surface area contributed by atoms with Crippen LogP contribution in [-0.4, -0.2) is 21.8 Å². The molecule has 3 nitrogen and oxygen atoms in total. The highest BCUT2D eigenvalue weighted by atomic mass is 16.4. The molecule has 0 amide bonds. The minimum absolute atomic E-state index is 0.242. The Morgan fingerprint density at radius 3 is 2.59 bits per heavy atom. The first kappa shape index (κ1) is 16.2. The van der Waals surface area contributed by atoms with Gasteiger partial charge in [0.05, 0.1) is 12.0 Å². The lowest BCUT2D eigenvalue weighted by Gasteiger charge is -2.16. The number of aliphatic hydroxyl groups is 1. The molecular formula is C14H26O3. The molecule has 17 heavy (non-hydrogen) atoms. The van der Waals surface area contributed by atoms with Gasteiger partial charge in [-0.2, -0.15) is 0 Å². The quantitative estimate of drug-likeness (QED) is 0.481. The van der Waals surface area contributed by atoms with Gasteiger partial charge in [-0.1, -0.05) is 51.7 Å². The fraction of sp³-hybridized carbons (Fsp3) is 0.786. The van der Waals surface area contributed by atoms with Crippen LogP contribution in [0.2, 0.25) is 0 Å². The van der Waals surface area contributed by atoms with Gasteiger partial charge in [0, 0.05) is 0 Å². The van der Waals surface area contributed by atoms with E-state index in [0.29, 0.717) is 5.92 Å². The molecule has 0 radical (unpaired) electrons. The highest BCUT2D eigenvalue weighted by molar-refractivity contribution is 5.68. The van der Waals surface area contributed by atoms with Gasteiger partial charge in [-0.3, -0.25) is 4.79 Å². The van der Waals surface area contributed by atoms with Crippen molar-refractivity contribution in [2.24, 2.45) is 5.92 Å². The summed E-state index contributed by atoms with van der Waals surface area (Å²) in [5.41, 5.74) is -1.23. The summed E-state index contributed by atoms with van der Waals surface area (Å²) in [5, 5.41) is 18.4. The third-order valence-corrected chi connectivity index (χ3v) is 2.82. The number of hydrogen-bond donors (Lipinski definition) is 2. The summed E-state index contributed by atoms with van der Waals surface area (Å²) in [4.78, 5) is 10.5. The molecule has 0 spiro atoms. The van der Waals surface area contributed by atoms with Crippen LogP contribution in [0.1, 0.15) is 59.3 Å². The van der Waals surface area contributed by atoms with Gasteiger partial charge in [-0.05, 0) is 19.3 Å². The minimum Gasteiger partial charge on any atom is -0.481 e. The maximum absolute atomic E-state index is 10.5. The third-order valence-electron chi connectivity index (χ3n) is 2.82. The van der Waals surface area contributed by atoms with E-state index in [9.17, 15) is 9.90 Å². The molecular weight excluding hydrogens is 216 g/mol. The summed E-state index contributed by atoms with van der Waals surface area (Å²) in [7, 11) is 0. The molecule has 0 heterocycles. The van der Waals surface area contributed by atoms with E-state index < -0.39 is 11.6 Å². The van der Waals surface area contributed by atoms with Crippen molar-refractivity contribution in [2.45, 2.75) is 64.9 Å². The Morgan fingerprint density at radius 1 is 1.41 bits per heavy atom. The standard InChI is InChI=1S/C14H26O3/c1-4-5-6-8-12(2)9-7-10-14(3,17)11-13(15)16/h7,10,12,17H,4-6,8-9,11H2,1-3H3,(H,15,16). The van der Waals surface area contributed by atoms with Crippen molar-refractivity contribution in [3.8, 4) is 0 Å². The second-order valence-electron chi connectivity index (χ2n) is 5.17. The van der Waals surface area contributed by atoms with Crippen molar-refractivity contribution in [3.05, 3.63) is 12.2 Å². The molecule has 3 heteroatoms. The van der Waals surface area contributed by atoms with Crippen LogP contribution in [0.15, 0.2) is 12.2 Å². The summed E-state index contributed by atoms with van der Waals surface area (Å²) in [6, 6.07) is 0. The number of unbranched alkanes of at least 4 members (excludes halogenated alkanes) is 2. The first-order chi connectivity index (χ1) is 7.87. The summed E-state index contributed by atoms with van der Waals surface area (Å²) < 4.78 is 0. The SMILES string of the molecule is CCCCCC(C)CC=CC(C)(O)CC(=O)O. The first-order valence-electron chi connectivity index (χ1n) is 6.49. The monoisotopic (exact) mass is 242 g/mol. The van der Waals surface area contributed by atoms with Crippen LogP contribution in [0, 0.1) is 5.92 Å². The lowest BCUT2D eigenvalue weighted by Crippen LogP contribution is -2.24. The van der Waals surface area contributed by atoms with E-state index in [1.54, 1.807) is 6.08 Å². The van der Waals surface area contributed by atoms with Crippen LogP contribution in [0.4, 0.5) is 0 Å². The number of carbonyl (C=O) groups is 1. The Hall–Kier alpha value is -0.830. The number of aliphatic carboxylic acids is 1. The molecule has 2 N–H and O–H groups in total. The zero-order valence-electron chi connectivity index (χ0n) is 11.3. The normalized spacial score (nSPS) is 16.9. The van der Waals surface area contributed by atoms with Gasteiger partial charge in [0.2, 0.25) is 0 Å². The Bertz CT molecular complexity index is 244. The Morgan fingerprint density at radius 2 is 2.06 bits per heavy atom. The van der Waals surface area contributed by atoms with Crippen LogP contribution in [0.5, 0.6) is 0 Å². The summed E-state index contributed by atoms with van der Waals surface area (Å²) in [6.07, 6.45) is 9.11. The van der Waals surface area contributed by atoms with E-state index in [2.05, 4.69) is 13.8 Å². The topological polar surface area (TPSA) is 57.5 Å². The van der Waals surface area contributed by atoms with Crippen LogP contribution >= 0.6 is 0 Å². The molecule has 0 aliphatic carbocycles. The number of carboxylic acids is 1. The van der Waals surface area contributed by atoms with E-state index in [1.807, 2.05) is 6.08 Å². The second-order valence-corrected chi connectivity index (χ2v) is 5.17. The molecule has 0 aromatic carbocycles. The van der Waals surface area contributed by atoms with Crippen molar-refractivity contribution in [1.29, 1.82) is 0 Å². The van der Waals surface area contributed by atoms with Gasteiger partial charge >= 0.3 is 5.97 Å². The fourth-order valence-corrected chi connectivity index (χ4v) is 1.78. The Labute approximate surface area is 105 Å². The van der Waals surface area contributed by atoms with Gasteiger partial charge < -0.3 is 10.2 Å².